The number of hydrogen-bond donors (Lipinski definition) is 1. The molecular formula is C12H22N2O3. The monoisotopic (exact) mass is 242 g/mol. The van der Waals surface area contributed by atoms with E-state index in [1.54, 1.807) is 4.90 Å². The molecular weight excluding hydrogens is 220 g/mol. The molecule has 5 nitrogen and oxygen atoms in total. The molecule has 0 aromatic rings. The highest BCUT2D eigenvalue weighted by Crippen LogP contribution is 2.21. The summed E-state index contributed by atoms with van der Waals surface area (Å²) in [5.74, 6) is 0.218. The third-order valence-electron chi connectivity index (χ3n) is 3.41. The third-order valence-corrected chi connectivity index (χ3v) is 3.41. The van der Waals surface area contributed by atoms with Gasteiger partial charge in [-0.25, -0.2) is 0 Å². The maximum absolute atomic E-state index is 12.1. The Morgan fingerprint density at radius 2 is 2.29 bits per heavy atom. The minimum Gasteiger partial charge on any atom is -0.378 e. The molecule has 5 heteroatoms. The van der Waals surface area contributed by atoms with Gasteiger partial charge in [-0.1, -0.05) is 0 Å². The first-order chi connectivity index (χ1) is 8.16. The summed E-state index contributed by atoms with van der Waals surface area (Å²) in [6.45, 7) is 5.71. The second kappa shape index (κ2) is 5.80. The van der Waals surface area contributed by atoms with Gasteiger partial charge in [0.25, 0.3) is 0 Å². The maximum atomic E-state index is 12.1. The number of carbonyl (C=O) groups excluding carboxylic acids is 1. The van der Waals surface area contributed by atoms with Crippen molar-refractivity contribution in [1.29, 1.82) is 0 Å². The Labute approximate surface area is 102 Å². The van der Waals surface area contributed by atoms with Crippen LogP contribution in [0.15, 0.2) is 0 Å². The molecule has 2 fully saturated rings. The topological polar surface area (TPSA) is 50.8 Å². The Kier molecular flexibility index (Phi) is 4.36. The van der Waals surface area contributed by atoms with E-state index >= 15 is 0 Å². The van der Waals surface area contributed by atoms with Gasteiger partial charge in [0.05, 0.1) is 31.3 Å². The van der Waals surface area contributed by atoms with Crippen molar-refractivity contribution >= 4 is 5.91 Å². The van der Waals surface area contributed by atoms with Crippen molar-refractivity contribution in [3.8, 4) is 0 Å². The molecule has 0 radical (unpaired) electrons. The van der Waals surface area contributed by atoms with Gasteiger partial charge in [0, 0.05) is 26.7 Å². The molecule has 17 heavy (non-hydrogen) atoms. The van der Waals surface area contributed by atoms with Crippen molar-refractivity contribution in [2.24, 2.45) is 5.92 Å². The average Bonchev–Trinajstić information content (AvgIpc) is 2.76. The van der Waals surface area contributed by atoms with Gasteiger partial charge in [-0.3, -0.25) is 4.79 Å². The Morgan fingerprint density at radius 1 is 1.47 bits per heavy atom. The van der Waals surface area contributed by atoms with E-state index in [2.05, 4.69) is 5.32 Å². The Bertz CT molecular complexity index is 266. The standard InChI is InChI=1S/C12H22N2O3/c1-9-5-10(8-17-9)12(15)14(2)7-11-6-13-3-4-16-11/h9-11,13H,3-8H2,1-2H3. The predicted molar refractivity (Wildman–Crippen MR) is 63.8 cm³/mol. The zero-order chi connectivity index (χ0) is 12.3. The highest BCUT2D eigenvalue weighted by Gasteiger charge is 2.31. The van der Waals surface area contributed by atoms with Gasteiger partial charge >= 0.3 is 0 Å². The van der Waals surface area contributed by atoms with Crippen molar-refractivity contribution in [2.75, 3.05) is 39.9 Å². The lowest BCUT2D eigenvalue weighted by molar-refractivity contribution is -0.136. The van der Waals surface area contributed by atoms with Crippen molar-refractivity contribution in [3.63, 3.8) is 0 Å². The summed E-state index contributed by atoms with van der Waals surface area (Å²) in [6.07, 6.45) is 1.18. The zero-order valence-electron chi connectivity index (χ0n) is 10.6. The SMILES string of the molecule is CC1CC(C(=O)N(C)CC2CNCCO2)CO1. The van der Waals surface area contributed by atoms with Crippen LogP contribution in [0.1, 0.15) is 13.3 Å². The molecule has 2 saturated heterocycles. The van der Waals surface area contributed by atoms with Gasteiger partial charge in [0.2, 0.25) is 5.91 Å². The summed E-state index contributed by atoms with van der Waals surface area (Å²) in [5.41, 5.74) is 0. The Balaban J connectivity index is 1.78. The lowest BCUT2D eigenvalue weighted by Crippen LogP contribution is -2.47. The quantitative estimate of drug-likeness (QED) is 0.748. The molecule has 2 aliphatic heterocycles. The van der Waals surface area contributed by atoms with E-state index in [1.807, 2.05) is 14.0 Å². The van der Waals surface area contributed by atoms with Crippen molar-refractivity contribution in [1.82, 2.24) is 10.2 Å². The number of likely N-dealkylation sites (N-methyl/N-ethyl adjacent to an activating group) is 1. The van der Waals surface area contributed by atoms with Crippen LogP contribution in [0.2, 0.25) is 0 Å². The van der Waals surface area contributed by atoms with Crippen LogP contribution in [0.25, 0.3) is 0 Å². The van der Waals surface area contributed by atoms with Crippen LogP contribution in [-0.2, 0) is 14.3 Å². The molecule has 0 aliphatic carbocycles. The number of morpholine rings is 1. The maximum Gasteiger partial charge on any atom is 0.227 e. The van der Waals surface area contributed by atoms with E-state index < -0.39 is 0 Å². The van der Waals surface area contributed by atoms with Crippen LogP contribution in [0, 0.1) is 5.92 Å². The summed E-state index contributed by atoms with van der Waals surface area (Å²) in [5, 5.41) is 3.27. The minimum absolute atomic E-state index is 0.0338. The molecule has 3 unspecified atom stereocenters. The number of nitrogens with one attached hydrogen (secondary N) is 1. The summed E-state index contributed by atoms with van der Waals surface area (Å²) < 4.78 is 11.0. The number of nitrogens with zero attached hydrogens (tertiary/aromatic N) is 1. The van der Waals surface area contributed by atoms with Gasteiger partial charge in [0.1, 0.15) is 0 Å². The second-order valence-corrected chi connectivity index (χ2v) is 4.99. The second-order valence-electron chi connectivity index (χ2n) is 4.99. The smallest absolute Gasteiger partial charge is 0.227 e. The largest absolute Gasteiger partial charge is 0.378 e. The van der Waals surface area contributed by atoms with Crippen molar-refractivity contribution in [3.05, 3.63) is 0 Å². The van der Waals surface area contributed by atoms with Gasteiger partial charge in [0.15, 0.2) is 0 Å². The molecule has 0 saturated carbocycles. The fourth-order valence-corrected chi connectivity index (χ4v) is 2.43. The van der Waals surface area contributed by atoms with Crippen LogP contribution in [-0.4, -0.2) is 62.9 Å². The molecule has 2 aliphatic rings. The molecule has 0 aromatic heterocycles. The lowest BCUT2D eigenvalue weighted by Gasteiger charge is -2.29. The highest BCUT2D eigenvalue weighted by molar-refractivity contribution is 5.79. The molecule has 1 N–H and O–H groups in total. The zero-order valence-corrected chi connectivity index (χ0v) is 10.6. The number of rotatable bonds is 3. The first-order valence-corrected chi connectivity index (χ1v) is 6.35. The first kappa shape index (κ1) is 12.8. The van der Waals surface area contributed by atoms with E-state index in [0.29, 0.717) is 13.2 Å². The lowest BCUT2D eigenvalue weighted by atomic mass is 10.0. The third kappa shape index (κ3) is 3.40. The van der Waals surface area contributed by atoms with Crippen molar-refractivity contribution in [2.45, 2.75) is 25.6 Å². The van der Waals surface area contributed by atoms with E-state index in [4.69, 9.17) is 9.47 Å². The van der Waals surface area contributed by atoms with Crippen LogP contribution in [0.5, 0.6) is 0 Å². The van der Waals surface area contributed by atoms with Crippen LogP contribution in [0.3, 0.4) is 0 Å². The minimum atomic E-state index is 0.0338. The number of carbonyl (C=O) groups is 1. The number of ether oxygens (including phenoxy) is 2. The summed E-state index contributed by atoms with van der Waals surface area (Å²) in [7, 11) is 1.85. The van der Waals surface area contributed by atoms with Gasteiger partial charge in [-0.05, 0) is 13.3 Å². The normalized spacial score (nSPS) is 33.6. The van der Waals surface area contributed by atoms with E-state index in [-0.39, 0.29) is 24.0 Å². The van der Waals surface area contributed by atoms with Crippen LogP contribution >= 0.6 is 0 Å². The number of hydrogen-bond acceptors (Lipinski definition) is 4. The fourth-order valence-electron chi connectivity index (χ4n) is 2.43. The molecule has 98 valence electrons. The summed E-state index contributed by atoms with van der Waals surface area (Å²) in [4.78, 5) is 13.9. The molecule has 0 aromatic carbocycles. The Morgan fingerprint density at radius 3 is 2.88 bits per heavy atom. The summed E-state index contributed by atoms with van der Waals surface area (Å²) in [6, 6.07) is 0. The van der Waals surface area contributed by atoms with E-state index in [0.717, 1.165) is 26.1 Å². The molecule has 0 spiro atoms. The van der Waals surface area contributed by atoms with E-state index in [9.17, 15) is 4.79 Å². The average molecular weight is 242 g/mol. The molecule has 2 heterocycles. The molecule has 3 atom stereocenters. The Hall–Kier alpha value is -0.650. The van der Waals surface area contributed by atoms with Crippen LogP contribution < -0.4 is 5.32 Å². The van der Waals surface area contributed by atoms with Gasteiger partial charge in [-0.15, -0.1) is 0 Å². The van der Waals surface area contributed by atoms with Crippen molar-refractivity contribution < 1.29 is 14.3 Å². The van der Waals surface area contributed by atoms with Gasteiger partial charge < -0.3 is 19.7 Å². The fraction of sp³-hybridized carbons (Fsp3) is 0.917. The highest BCUT2D eigenvalue weighted by atomic mass is 16.5. The van der Waals surface area contributed by atoms with Gasteiger partial charge in [-0.2, -0.15) is 0 Å². The molecule has 0 bridgehead atoms. The molecule has 1 amide bonds. The predicted octanol–water partition coefficient (Wildman–Crippen LogP) is -0.142. The van der Waals surface area contributed by atoms with Crippen LogP contribution in [0.4, 0.5) is 0 Å². The number of amides is 1. The van der Waals surface area contributed by atoms with E-state index in [1.165, 1.54) is 0 Å². The first-order valence-electron chi connectivity index (χ1n) is 6.35. The molecule has 2 rings (SSSR count). The summed E-state index contributed by atoms with van der Waals surface area (Å²) >= 11 is 0.